The van der Waals surface area contributed by atoms with Crippen LogP contribution in [0.3, 0.4) is 0 Å². The highest BCUT2D eigenvalue weighted by Crippen LogP contribution is 2.14. The molecule has 0 unspecified atom stereocenters. The number of amides is 2. The van der Waals surface area contributed by atoms with Crippen LogP contribution in [0.4, 0.5) is 4.79 Å². The van der Waals surface area contributed by atoms with Gasteiger partial charge in [0.25, 0.3) is 5.91 Å². The monoisotopic (exact) mass is 248 g/mol. The number of nitrogens with zero attached hydrogens (tertiary/aromatic N) is 1. The van der Waals surface area contributed by atoms with Gasteiger partial charge in [0.1, 0.15) is 0 Å². The Morgan fingerprint density at radius 1 is 1.22 bits per heavy atom. The van der Waals surface area contributed by atoms with Crippen molar-refractivity contribution >= 4 is 22.9 Å². The summed E-state index contributed by atoms with van der Waals surface area (Å²) in [5.41, 5.74) is 1.09. The van der Waals surface area contributed by atoms with Crippen LogP contribution in [0.15, 0.2) is 24.3 Å². The van der Waals surface area contributed by atoms with Crippen LogP contribution in [0.5, 0.6) is 0 Å². The van der Waals surface area contributed by atoms with Gasteiger partial charge in [-0.3, -0.25) is 9.89 Å². The number of carbonyl (C=O) groups excluding carboxylic acids is 1. The molecule has 7 nitrogen and oxygen atoms in total. The molecule has 0 radical (unpaired) electrons. The molecule has 0 saturated heterocycles. The first kappa shape index (κ1) is 11.9. The second-order valence-corrected chi connectivity index (χ2v) is 3.61. The third-order valence-electron chi connectivity index (χ3n) is 2.37. The van der Waals surface area contributed by atoms with Crippen molar-refractivity contribution in [3.8, 4) is 0 Å². The van der Waals surface area contributed by atoms with Gasteiger partial charge in [0.15, 0.2) is 5.69 Å². The SMILES string of the molecule is O=C(O)NCCNC(=O)c1n[nH]c2ccccc12. The van der Waals surface area contributed by atoms with Crippen molar-refractivity contribution in [3.63, 3.8) is 0 Å². The van der Waals surface area contributed by atoms with Crippen LogP contribution in [-0.2, 0) is 0 Å². The normalized spacial score (nSPS) is 10.2. The summed E-state index contributed by atoms with van der Waals surface area (Å²) in [6, 6.07) is 7.29. The Morgan fingerprint density at radius 2 is 1.94 bits per heavy atom. The first-order valence-corrected chi connectivity index (χ1v) is 5.36. The number of benzene rings is 1. The van der Waals surface area contributed by atoms with Gasteiger partial charge in [-0.2, -0.15) is 5.10 Å². The van der Waals surface area contributed by atoms with E-state index in [1.54, 1.807) is 6.07 Å². The van der Waals surface area contributed by atoms with Gasteiger partial charge in [0.2, 0.25) is 0 Å². The number of hydrogen-bond acceptors (Lipinski definition) is 3. The lowest BCUT2D eigenvalue weighted by molar-refractivity contribution is 0.0949. The lowest BCUT2D eigenvalue weighted by Gasteiger charge is -2.03. The number of hydrogen-bond donors (Lipinski definition) is 4. The van der Waals surface area contributed by atoms with Crippen molar-refractivity contribution in [3.05, 3.63) is 30.0 Å². The van der Waals surface area contributed by atoms with E-state index < -0.39 is 6.09 Å². The second kappa shape index (κ2) is 5.17. The smallest absolute Gasteiger partial charge is 0.404 e. The number of carbonyl (C=O) groups is 2. The van der Waals surface area contributed by atoms with Crippen molar-refractivity contribution in [1.82, 2.24) is 20.8 Å². The lowest BCUT2D eigenvalue weighted by Crippen LogP contribution is -2.34. The van der Waals surface area contributed by atoms with E-state index in [4.69, 9.17) is 5.11 Å². The second-order valence-electron chi connectivity index (χ2n) is 3.61. The summed E-state index contributed by atoms with van der Waals surface area (Å²) in [5, 5.41) is 20.5. The van der Waals surface area contributed by atoms with Crippen molar-refractivity contribution in [2.24, 2.45) is 0 Å². The number of aromatic amines is 1. The van der Waals surface area contributed by atoms with Crippen molar-refractivity contribution in [2.45, 2.75) is 0 Å². The molecule has 18 heavy (non-hydrogen) atoms. The Labute approximate surface area is 102 Å². The molecule has 4 N–H and O–H groups in total. The predicted molar refractivity (Wildman–Crippen MR) is 64.5 cm³/mol. The average molecular weight is 248 g/mol. The van der Waals surface area contributed by atoms with Crippen LogP contribution < -0.4 is 10.6 Å². The molecule has 0 aliphatic rings. The fourth-order valence-corrected chi connectivity index (χ4v) is 1.57. The van der Waals surface area contributed by atoms with Gasteiger partial charge in [-0.1, -0.05) is 18.2 Å². The molecule has 7 heteroatoms. The highest BCUT2D eigenvalue weighted by Gasteiger charge is 2.12. The molecule has 1 aromatic carbocycles. The molecule has 0 bridgehead atoms. The summed E-state index contributed by atoms with van der Waals surface area (Å²) in [6.07, 6.45) is -1.12. The number of para-hydroxylation sites is 1. The van der Waals surface area contributed by atoms with Gasteiger partial charge in [-0.15, -0.1) is 0 Å². The van der Waals surface area contributed by atoms with E-state index in [-0.39, 0.29) is 19.0 Å². The number of rotatable bonds is 4. The van der Waals surface area contributed by atoms with Gasteiger partial charge in [-0.05, 0) is 6.07 Å². The van der Waals surface area contributed by atoms with Gasteiger partial charge in [0, 0.05) is 18.5 Å². The maximum absolute atomic E-state index is 11.8. The minimum absolute atomic E-state index is 0.156. The van der Waals surface area contributed by atoms with E-state index in [1.165, 1.54) is 0 Å². The molecular formula is C11H12N4O3. The Balaban J connectivity index is 1.99. The fourth-order valence-electron chi connectivity index (χ4n) is 1.57. The third-order valence-corrected chi connectivity index (χ3v) is 2.37. The van der Waals surface area contributed by atoms with Crippen LogP contribution in [0.1, 0.15) is 10.5 Å². The number of fused-ring (bicyclic) bond motifs is 1. The molecule has 0 aliphatic heterocycles. The van der Waals surface area contributed by atoms with Crippen LogP contribution in [0.25, 0.3) is 10.9 Å². The molecule has 2 rings (SSSR count). The highest BCUT2D eigenvalue weighted by molar-refractivity contribution is 6.04. The van der Waals surface area contributed by atoms with Crippen LogP contribution in [0.2, 0.25) is 0 Å². The summed E-state index contributed by atoms with van der Waals surface area (Å²) in [7, 11) is 0. The fraction of sp³-hybridized carbons (Fsp3) is 0.182. The molecule has 2 aromatic rings. The quantitative estimate of drug-likeness (QED) is 0.593. The third kappa shape index (κ3) is 2.57. The van der Waals surface area contributed by atoms with E-state index >= 15 is 0 Å². The molecule has 0 aliphatic carbocycles. The largest absolute Gasteiger partial charge is 0.465 e. The van der Waals surface area contributed by atoms with E-state index in [0.29, 0.717) is 5.69 Å². The van der Waals surface area contributed by atoms with Gasteiger partial charge < -0.3 is 15.7 Å². The lowest BCUT2D eigenvalue weighted by atomic mass is 10.2. The minimum Gasteiger partial charge on any atom is -0.465 e. The maximum Gasteiger partial charge on any atom is 0.404 e. The first-order chi connectivity index (χ1) is 8.68. The molecule has 1 heterocycles. The highest BCUT2D eigenvalue weighted by atomic mass is 16.4. The maximum atomic E-state index is 11.8. The van der Waals surface area contributed by atoms with E-state index in [9.17, 15) is 9.59 Å². The van der Waals surface area contributed by atoms with Gasteiger partial charge in [-0.25, -0.2) is 4.79 Å². The zero-order chi connectivity index (χ0) is 13.0. The number of nitrogens with one attached hydrogen (secondary N) is 3. The van der Waals surface area contributed by atoms with Crippen molar-refractivity contribution in [1.29, 1.82) is 0 Å². The summed E-state index contributed by atoms with van der Waals surface area (Å²) in [6.45, 7) is 0.371. The topological polar surface area (TPSA) is 107 Å². The Hall–Kier alpha value is -2.57. The summed E-state index contributed by atoms with van der Waals surface area (Å²) in [4.78, 5) is 22.0. The molecule has 0 atom stereocenters. The molecule has 0 saturated carbocycles. The number of carboxylic acid groups (broad SMARTS) is 1. The van der Waals surface area contributed by atoms with E-state index in [1.807, 2.05) is 18.2 Å². The van der Waals surface area contributed by atoms with Crippen LogP contribution >= 0.6 is 0 Å². The molecular weight excluding hydrogens is 236 g/mol. The average Bonchev–Trinajstić information content (AvgIpc) is 2.78. The minimum atomic E-state index is -1.12. The standard InChI is InChI=1S/C11H12N4O3/c16-10(12-5-6-13-11(17)18)9-7-3-1-2-4-8(7)14-15-9/h1-4,13H,5-6H2,(H,12,16)(H,14,15)(H,17,18). The van der Waals surface area contributed by atoms with Crippen LogP contribution in [-0.4, -0.2) is 40.4 Å². The molecule has 94 valence electrons. The number of aromatic nitrogens is 2. The summed E-state index contributed by atoms with van der Waals surface area (Å²) in [5.74, 6) is -0.334. The Bertz CT molecular complexity index is 578. The Kier molecular flexibility index (Phi) is 3.42. The van der Waals surface area contributed by atoms with Crippen LogP contribution in [0, 0.1) is 0 Å². The van der Waals surface area contributed by atoms with Crippen molar-refractivity contribution in [2.75, 3.05) is 13.1 Å². The zero-order valence-electron chi connectivity index (χ0n) is 9.43. The van der Waals surface area contributed by atoms with E-state index in [0.717, 1.165) is 10.9 Å². The summed E-state index contributed by atoms with van der Waals surface area (Å²) < 4.78 is 0. The molecule has 1 aromatic heterocycles. The van der Waals surface area contributed by atoms with Gasteiger partial charge >= 0.3 is 6.09 Å². The molecule has 2 amide bonds. The molecule has 0 fully saturated rings. The van der Waals surface area contributed by atoms with Crippen molar-refractivity contribution < 1.29 is 14.7 Å². The first-order valence-electron chi connectivity index (χ1n) is 5.36. The van der Waals surface area contributed by atoms with E-state index in [2.05, 4.69) is 20.8 Å². The summed E-state index contributed by atoms with van der Waals surface area (Å²) >= 11 is 0. The van der Waals surface area contributed by atoms with Gasteiger partial charge in [0.05, 0.1) is 5.52 Å². The Morgan fingerprint density at radius 3 is 2.72 bits per heavy atom. The molecule has 0 spiro atoms. The predicted octanol–water partition coefficient (Wildman–Crippen LogP) is 0.560. The number of H-pyrrole nitrogens is 1. The zero-order valence-corrected chi connectivity index (χ0v) is 9.43.